The number of carbonyl (C=O) groups excluding carboxylic acids is 1. The molecular weight excluding hydrogens is 362 g/mol. The molecule has 0 radical (unpaired) electrons. The first-order chi connectivity index (χ1) is 14.3. The van der Waals surface area contributed by atoms with E-state index in [0.29, 0.717) is 12.3 Å². The second kappa shape index (κ2) is 9.47. The molecule has 1 aliphatic rings. The number of amides is 1. The summed E-state index contributed by atoms with van der Waals surface area (Å²) in [5.41, 5.74) is 3.33. The van der Waals surface area contributed by atoms with Gasteiger partial charge in [-0.15, -0.1) is 0 Å². The SMILES string of the molecule is O=C(Cc1cccnc1)NCC1CCCN(Cc2cccc(-n3cccn3)c2)C1. The van der Waals surface area contributed by atoms with Crippen LogP contribution in [0.4, 0.5) is 0 Å². The Hall–Kier alpha value is -2.99. The lowest BCUT2D eigenvalue weighted by Gasteiger charge is -2.33. The van der Waals surface area contributed by atoms with Crippen molar-refractivity contribution in [1.82, 2.24) is 25.0 Å². The number of rotatable bonds is 7. The third kappa shape index (κ3) is 5.51. The zero-order valence-electron chi connectivity index (χ0n) is 16.6. The zero-order valence-corrected chi connectivity index (χ0v) is 16.6. The predicted molar refractivity (Wildman–Crippen MR) is 113 cm³/mol. The molecule has 0 spiro atoms. The number of carbonyl (C=O) groups is 1. The Kier molecular flexibility index (Phi) is 6.32. The number of benzene rings is 1. The first-order valence-corrected chi connectivity index (χ1v) is 10.2. The van der Waals surface area contributed by atoms with E-state index < -0.39 is 0 Å². The molecule has 6 nitrogen and oxygen atoms in total. The molecule has 0 aliphatic carbocycles. The van der Waals surface area contributed by atoms with Gasteiger partial charge in [0.05, 0.1) is 12.1 Å². The summed E-state index contributed by atoms with van der Waals surface area (Å²) >= 11 is 0. The Labute approximate surface area is 171 Å². The topological polar surface area (TPSA) is 63.1 Å². The van der Waals surface area contributed by atoms with Crippen LogP contribution in [-0.2, 0) is 17.8 Å². The van der Waals surface area contributed by atoms with Crippen molar-refractivity contribution in [2.24, 2.45) is 5.92 Å². The normalized spacial score (nSPS) is 17.2. The van der Waals surface area contributed by atoms with E-state index in [9.17, 15) is 4.79 Å². The van der Waals surface area contributed by atoms with Crippen molar-refractivity contribution in [3.8, 4) is 5.69 Å². The van der Waals surface area contributed by atoms with Crippen molar-refractivity contribution in [1.29, 1.82) is 0 Å². The fourth-order valence-electron chi connectivity index (χ4n) is 3.95. The van der Waals surface area contributed by atoms with Gasteiger partial charge >= 0.3 is 0 Å². The summed E-state index contributed by atoms with van der Waals surface area (Å²) in [5.74, 6) is 0.568. The van der Waals surface area contributed by atoms with E-state index in [1.165, 1.54) is 12.0 Å². The zero-order chi connectivity index (χ0) is 19.9. The van der Waals surface area contributed by atoms with Crippen molar-refractivity contribution in [2.45, 2.75) is 25.8 Å². The molecule has 1 unspecified atom stereocenters. The van der Waals surface area contributed by atoms with E-state index >= 15 is 0 Å². The minimum Gasteiger partial charge on any atom is -0.355 e. The highest BCUT2D eigenvalue weighted by molar-refractivity contribution is 5.78. The van der Waals surface area contributed by atoms with Crippen LogP contribution in [0.2, 0.25) is 0 Å². The summed E-state index contributed by atoms with van der Waals surface area (Å²) in [4.78, 5) is 18.8. The Balaban J connectivity index is 1.27. The maximum absolute atomic E-state index is 12.2. The highest BCUT2D eigenvalue weighted by Crippen LogP contribution is 2.19. The van der Waals surface area contributed by atoms with E-state index in [4.69, 9.17) is 0 Å². The number of nitrogens with one attached hydrogen (secondary N) is 1. The average molecular weight is 390 g/mol. The van der Waals surface area contributed by atoms with Crippen LogP contribution in [0.3, 0.4) is 0 Å². The Bertz CT molecular complexity index is 910. The third-order valence-corrected chi connectivity index (χ3v) is 5.36. The summed E-state index contributed by atoms with van der Waals surface area (Å²) in [5, 5.41) is 7.42. The van der Waals surface area contributed by atoms with Crippen LogP contribution in [0.15, 0.2) is 67.3 Å². The van der Waals surface area contributed by atoms with E-state index in [1.807, 2.05) is 29.1 Å². The second-order valence-electron chi connectivity index (χ2n) is 7.71. The van der Waals surface area contributed by atoms with E-state index in [-0.39, 0.29) is 5.91 Å². The number of pyridine rings is 1. The highest BCUT2D eigenvalue weighted by Gasteiger charge is 2.20. The lowest BCUT2D eigenvalue weighted by molar-refractivity contribution is -0.120. The molecule has 1 atom stereocenters. The monoisotopic (exact) mass is 389 g/mol. The number of piperidine rings is 1. The van der Waals surface area contributed by atoms with Gasteiger partial charge in [0.15, 0.2) is 0 Å². The van der Waals surface area contributed by atoms with E-state index in [0.717, 1.165) is 43.9 Å². The molecule has 3 aromatic rings. The van der Waals surface area contributed by atoms with Gasteiger partial charge in [0.1, 0.15) is 0 Å². The lowest BCUT2D eigenvalue weighted by Crippen LogP contribution is -2.40. The summed E-state index contributed by atoms with van der Waals surface area (Å²) in [6.07, 6.45) is 9.96. The van der Waals surface area contributed by atoms with Gasteiger partial charge in [-0.3, -0.25) is 14.7 Å². The molecule has 6 heteroatoms. The first kappa shape index (κ1) is 19.3. The highest BCUT2D eigenvalue weighted by atomic mass is 16.1. The van der Waals surface area contributed by atoms with Crippen molar-refractivity contribution in [3.05, 3.63) is 78.4 Å². The molecule has 1 aromatic carbocycles. The second-order valence-corrected chi connectivity index (χ2v) is 7.71. The molecule has 0 saturated carbocycles. The summed E-state index contributed by atoms with van der Waals surface area (Å²) in [6, 6.07) is 14.3. The molecule has 1 amide bonds. The summed E-state index contributed by atoms with van der Waals surface area (Å²) in [6.45, 7) is 3.78. The van der Waals surface area contributed by atoms with Gasteiger partial charge in [0, 0.05) is 44.4 Å². The number of aromatic nitrogens is 3. The van der Waals surface area contributed by atoms with Gasteiger partial charge in [-0.1, -0.05) is 18.2 Å². The van der Waals surface area contributed by atoms with Crippen molar-refractivity contribution in [3.63, 3.8) is 0 Å². The third-order valence-electron chi connectivity index (χ3n) is 5.36. The fraction of sp³-hybridized carbons (Fsp3) is 0.348. The van der Waals surface area contributed by atoms with E-state index in [2.05, 4.69) is 44.6 Å². The van der Waals surface area contributed by atoms with Crippen LogP contribution in [0.1, 0.15) is 24.0 Å². The molecule has 29 heavy (non-hydrogen) atoms. The molecular formula is C23H27N5O. The molecule has 2 aromatic heterocycles. The van der Waals surface area contributed by atoms with Crippen LogP contribution in [0.5, 0.6) is 0 Å². The Morgan fingerprint density at radius 2 is 2.07 bits per heavy atom. The Morgan fingerprint density at radius 3 is 2.90 bits per heavy atom. The largest absolute Gasteiger partial charge is 0.355 e. The van der Waals surface area contributed by atoms with Gasteiger partial charge in [-0.05, 0) is 60.7 Å². The molecule has 4 rings (SSSR count). The lowest BCUT2D eigenvalue weighted by atomic mass is 9.97. The number of nitrogens with zero attached hydrogens (tertiary/aromatic N) is 4. The van der Waals surface area contributed by atoms with Crippen molar-refractivity contribution >= 4 is 5.91 Å². The van der Waals surface area contributed by atoms with Crippen LogP contribution in [-0.4, -0.2) is 45.2 Å². The van der Waals surface area contributed by atoms with Crippen LogP contribution >= 0.6 is 0 Å². The van der Waals surface area contributed by atoms with Crippen LogP contribution in [0.25, 0.3) is 5.69 Å². The number of hydrogen-bond acceptors (Lipinski definition) is 4. The average Bonchev–Trinajstić information content (AvgIpc) is 3.29. The van der Waals surface area contributed by atoms with Gasteiger partial charge in [0.2, 0.25) is 5.91 Å². The smallest absolute Gasteiger partial charge is 0.224 e. The molecule has 1 saturated heterocycles. The minimum absolute atomic E-state index is 0.0713. The van der Waals surface area contributed by atoms with Crippen LogP contribution < -0.4 is 5.32 Å². The van der Waals surface area contributed by atoms with Gasteiger partial charge in [-0.25, -0.2) is 4.68 Å². The maximum Gasteiger partial charge on any atom is 0.224 e. The molecule has 0 bridgehead atoms. The van der Waals surface area contributed by atoms with Crippen molar-refractivity contribution < 1.29 is 4.79 Å². The molecule has 1 fully saturated rings. The van der Waals surface area contributed by atoms with E-state index in [1.54, 1.807) is 18.6 Å². The molecule has 1 N–H and O–H groups in total. The summed E-state index contributed by atoms with van der Waals surface area (Å²) in [7, 11) is 0. The quantitative estimate of drug-likeness (QED) is 0.675. The number of hydrogen-bond donors (Lipinski definition) is 1. The molecule has 1 aliphatic heterocycles. The predicted octanol–water partition coefficient (Wildman–Crippen LogP) is 2.84. The number of likely N-dealkylation sites (tertiary alicyclic amines) is 1. The Morgan fingerprint density at radius 1 is 1.14 bits per heavy atom. The van der Waals surface area contributed by atoms with Gasteiger partial charge in [-0.2, -0.15) is 5.10 Å². The van der Waals surface area contributed by atoms with Gasteiger partial charge in [0.25, 0.3) is 0 Å². The minimum atomic E-state index is 0.0713. The molecule has 3 heterocycles. The fourth-order valence-corrected chi connectivity index (χ4v) is 3.95. The van der Waals surface area contributed by atoms with Crippen molar-refractivity contribution in [2.75, 3.05) is 19.6 Å². The molecule has 150 valence electrons. The van der Waals surface area contributed by atoms with Crippen LogP contribution in [0, 0.1) is 5.92 Å². The summed E-state index contributed by atoms with van der Waals surface area (Å²) < 4.78 is 1.89. The first-order valence-electron chi connectivity index (χ1n) is 10.2. The standard InChI is InChI=1S/C23H27N5O/c29-23(14-19-6-2-9-24-15-19)25-16-21-7-3-11-27(18-21)17-20-5-1-8-22(13-20)28-12-4-10-26-28/h1-2,4-6,8-10,12-13,15,21H,3,7,11,14,16-18H2,(H,25,29). The maximum atomic E-state index is 12.2. The van der Waals surface area contributed by atoms with Gasteiger partial charge < -0.3 is 5.32 Å².